The van der Waals surface area contributed by atoms with E-state index in [9.17, 15) is 0 Å². The molecule has 0 aliphatic rings. The molecule has 4 aromatic heterocycles. The van der Waals surface area contributed by atoms with E-state index in [1.54, 1.807) is 11.3 Å². The van der Waals surface area contributed by atoms with Crippen LogP contribution in [0.3, 0.4) is 0 Å². The first-order valence-electron chi connectivity index (χ1n) is 11.8. The van der Waals surface area contributed by atoms with Gasteiger partial charge in [-0.3, -0.25) is 0 Å². The van der Waals surface area contributed by atoms with Crippen molar-refractivity contribution >= 4 is 66.9 Å². The van der Waals surface area contributed by atoms with Gasteiger partial charge in [-0.15, -0.1) is 45.3 Å². The zero-order valence-electron chi connectivity index (χ0n) is 19.6. The van der Waals surface area contributed by atoms with Crippen molar-refractivity contribution in [2.24, 2.45) is 0 Å². The lowest BCUT2D eigenvalue weighted by atomic mass is 10.2. The maximum Gasteiger partial charge on any atom is 0.156 e. The quantitative estimate of drug-likeness (QED) is 0.165. The Labute approximate surface area is 213 Å². The van der Waals surface area contributed by atoms with Crippen molar-refractivity contribution in [1.82, 2.24) is 0 Å². The van der Waals surface area contributed by atoms with Gasteiger partial charge in [0.25, 0.3) is 0 Å². The van der Waals surface area contributed by atoms with Gasteiger partial charge in [0.05, 0.1) is 27.5 Å². The highest BCUT2D eigenvalue weighted by Crippen LogP contribution is 2.52. The van der Waals surface area contributed by atoms with Gasteiger partial charge in [0.1, 0.15) is 5.75 Å². The highest BCUT2D eigenvalue weighted by Gasteiger charge is 2.21. The number of ether oxygens (including phenoxy) is 2. The molecular weight excluding hydrogens is 485 g/mol. The lowest BCUT2D eigenvalue weighted by Crippen LogP contribution is -1.96. The van der Waals surface area contributed by atoms with E-state index in [0.717, 1.165) is 37.6 Å². The summed E-state index contributed by atoms with van der Waals surface area (Å²) >= 11 is 7.23. The Kier molecular flexibility index (Phi) is 9.07. The molecule has 0 saturated carbocycles. The number of thiophene rings is 4. The average Bonchev–Trinajstić information content (AvgIpc) is 3.58. The summed E-state index contributed by atoms with van der Waals surface area (Å²) in [5.74, 6) is 2.07. The van der Waals surface area contributed by atoms with E-state index >= 15 is 0 Å². The maximum atomic E-state index is 6.40. The molecule has 4 rings (SSSR count). The van der Waals surface area contributed by atoms with Crippen LogP contribution in [0.5, 0.6) is 11.5 Å². The van der Waals surface area contributed by atoms with Gasteiger partial charge in [0.15, 0.2) is 5.75 Å². The molecule has 176 valence electrons. The van der Waals surface area contributed by atoms with Crippen molar-refractivity contribution in [2.45, 2.75) is 59.3 Å². The van der Waals surface area contributed by atoms with Crippen LogP contribution in [0.4, 0.5) is 0 Å². The fourth-order valence-corrected chi connectivity index (χ4v) is 7.76. The van der Waals surface area contributed by atoms with Crippen LogP contribution in [0.2, 0.25) is 0 Å². The Balaban J connectivity index is 1.58. The van der Waals surface area contributed by atoms with E-state index in [1.807, 2.05) is 34.0 Å². The van der Waals surface area contributed by atoms with E-state index in [1.165, 1.54) is 59.5 Å². The molecule has 0 spiro atoms. The first-order valence-corrected chi connectivity index (χ1v) is 15.2. The molecular formula is C27H32O2S4. The summed E-state index contributed by atoms with van der Waals surface area (Å²) in [4.78, 5) is 6.42. The summed E-state index contributed by atoms with van der Waals surface area (Å²) in [5, 5.41) is 2.15. The Morgan fingerprint density at radius 1 is 0.758 bits per heavy atom. The molecule has 0 saturated heterocycles. The first-order chi connectivity index (χ1) is 16.2. The van der Waals surface area contributed by atoms with E-state index in [0.29, 0.717) is 0 Å². The second-order valence-corrected chi connectivity index (χ2v) is 12.4. The minimum Gasteiger partial charge on any atom is -0.491 e. The summed E-state index contributed by atoms with van der Waals surface area (Å²) in [6, 6.07) is 8.81. The number of unbranched alkanes of at least 4 members (excludes halogenated alkanes) is 4. The third-order valence-corrected chi connectivity index (χ3v) is 9.82. The lowest BCUT2D eigenvalue weighted by molar-refractivity contribution is 0.310. The zero-order valence-corrected chi connectivity index (χ0v) is 22.9. The number of hydrogen-bond acceptors (Lipinski definition) is 6. The molecule has 0 aromatic carbocycles. The predicted octanol–water partition coefficient (Wildman–Crippen LogP) is 10.4. The molecule has 0 radical (unpaired) electrons. The van der Waals surface area contributed by atoms with Crippen LogP contribution >= 0.6 is 45.3 Å². The van der Waals surface area contributed by atoms with Gasteiger partial charge in [-0.1, -0.05) is 39.5 Å². The molecule has 0 N–H and O–H groups in total. The molecule has 0 fully saturated rings. The Morgan fingerprint density at radius 3 is 2.15 bits per heavy atom. The van der Waals surface area contributed by atoms with Gasteiger partial charge < -0.3 is 9.47 Å². The van der Waals surface area contributed by atoms with Gasteiger partial charge in [-0.2, -0.15) is 0 Å². The van der Waals surface area contributed by atoms with Crippen LogP contribution in [0.1, 0.15) is 67.0 Å². The molecule has 0 unspecified atom stereocenters. The summed E-state index contributed by atoms with van der Waals surface area (Å²) < 4.78 is 15.0. The van der Waals surface area contributed by atoms with Crippen molar-refractivity contribution in [3.8, 4) is 21.3 Å². The fraction of sp³-hybridized carbons (Fsp3) is 0.407. The smallest absolute Gasteiger partial charge is 0.156 e. The zero-order chi connectivity index (χ0) is 23.0. The second-order valence-electron chi connectivity index (χ2n) is 8.11. The molecule has 6 heteroatoms. The summed E-state index contributed by atoms with van der Waals surface area (Å²) in [5.41, 5.74) is 0. The summed E-state index contributed by atoms with van der Waals surface area (Å²) in [7, 11) is 0. The third kappa shape index (κ3) is 6.30. The molecule has 4 heterocycles. The van der Waals surface area contributed by atoms with Crippen molar-refractivity contribution in [1.29, 1.82) is 0 Å². The molecule has 0 bridgehead atoms. The summed E-state index contributed by atoms with van der Waals surface area (Å²) in [6.07, 6.45) is 11.5. The molecule has 0 atom stereocenters. The Morgan fingerprint density at radius 2 is 1.45 bits per heavy atom. The van der Waals surface area contributed by atoms with Crippen LogP contribution in [-0.2, 0) is 0 Å². The fourth-order valence-electron chi connectivity index (χ4n) is 3.56. The van der Waals surface area contributed by atoms with Crippen molar-refractivity contribution in [3.63, 3.8) is 0 Å². The van der Waals surface area contributed by atoms with Gasteiger partial charge >= 0.3 is 0 Å². The molecule has 33 heavy (non-hydrogen) atoms. The van der Waals surface area contributed by atoms with Crippen LogP contribution in [-0.4, -0.2) is 13.2 Å². The van der Waals surface area contributed by atoms with E-state index < -0.39 is 0 Å². The maximum absolute atomic E-state index is 6.40. The van der Waals surface area contributed by atoms with Crippen LogP contribution < -0.4 is 9.47 Å². The monoisotopic (exact) mass is 516 g/mol. The minimum absolute atomic E-state index is 0.771. The molecule has 0 aliphatic carbocycles. The van der Waals surface area contributed by atoms with Crippen LogP contribution in [0.15, 0.2) is 29.6 Å². The number of fused-ring (bicyclic) bond motifs is 1. The normalized spacial score (nSPS) is 11.7. The topological polar surface area (TPSA) is 18.5 Å². The highest BCUT2D eigenvalue weighted by atomic mass is 32.1. The second kappa shape index (κ2) is 12.2. The van der Waals surface area contributed by atoms with Crippen LogP contribution in [0.25, 0.3) is 31.3 Å². The largest absolute Gasteiger partial charge is 0.491 e. The van der Waals surface area contributed by atoms with Gasteiger partial charge in [0, 0.05) is 24.9 Å². The number of aryl methyl sites for hydroxylation is 1. The SMILES string of the molecule is CCCCCOc1csc2c(OCCCCC)c(-c3ccc(/C=C/c4ccc(C)s4)s3)sc12. The van der Waals surface area contributed by atoms with Crippen LogP contribution in [0, 0.1) is 6.92 Å². The molecule has 0 aliphatic heterocycles. The Hall–Kier alpha value is -1.60. The van der Waals surface area contributed by atoms with E-state index in [-0.39, 0.29) is 0 Å². The van der Waals surface area contributed by atoms with E-state index in [4.69, 9.17) is 9.47 Å². The number of hydrogen-bond donors (Lipinski definition) is 0. The van der Waals surface area contributed by atoms with E-state index in [2.05, 4.69) is 62.6 Å². The minimum atomic E-state index is 0.771. The van der Waals surface area contributed by atoms with Gasteiger partial charge in [-0.25, -0.2) is 0 Å². The standard InChI is InChI=1S/C27H32O2S4/c1-4-6-8-16-28-22-18-30-27-24(29-17-9-7-5-2)26(33-25(22)27)23-15-14-21(32-23)13-12-20-11-10-19(3)31-20/h10-15,18H,4-9,16-17H2,1-3H3/b13-12+. The average molecular weight is 517 g/mol. The highest BCUT2D eigenvalue weighted by molar-refractivity contribution is 7.32. The van der Waals surface area contributed by atoms with Crippen molar-refractivity contribution in [2.75, 3.05) is 13.2 Å². The third-order valence-electron chi connectivity index (χ3n) is 5.35. The predicted molar refractivity (Wildman–Crippen MR) is 151 cm³/mol. The molecule has 4 aromatic rings. The Bertz CT molecular complexity index is 1170. The van der Waals surface area contributed by atoms with Gasteiger partial charge in [-0.05, 0) is 56.2 Å². The molecule has 2 nitrogen and oxygen atoms in total. The molecule has 0 amide bonds. The lowest BCUT2D eigenvalue weighted by Gasteiger charge is -2.06. The number of rotatable bonds is 13. The van der Waals surface area contributed by atoms with Gasteiger partial charge in [0.2, 0.25) is 0 Å². The van der Waals surface area contributed by atoms with Crippen molar-refractivity contribution < 1.29 is 9.47 Å². The van der Waals surface area contributed by atoms with Crippen molar-refractivity contribution in [3.05, 3.63) is 44.3 Å². The first kappa shape index (κ1) is 24.5. The summed E-state index contributed by atoms with van der Waals surface area (Å²) in [6.45, 7) is 8.16.